The lowest BCUT2D eigenvalue weighted by molar-refractivity contribution is 0.458. The van der Waals surface area contributed by atoms with E-state index in [1.807, 2.05) is 12.1 Å². The second kappa shape index (κ2) is 16.3. The third-order valence-corrected chi connectivity index (χ3v) is 6.73. The molecule has 0 radical (unpaired) electrons. The highest BCUT2D eigenvalue weighted by Crippen LogP contribution is 2.27. The second-order valence-electron chi connectivity index (χ2n) is 9.17. The molecule has 0 saturated heterocycles. The summed E-state index contributed by atoms with van der Waals surface area (Å²) in [6, 6.07) is 10.3. The number of rotatable bonds is 18. The summed E-state index contributed by atoms with van der Waals surface area (Å²) in [6.45, 7) is 4.53. The molecule has 1 N–H and O–H groups in total. The van der Waals surface area contributed by atoms with E-state index in [2.05, 4.69) is 26.0 Å². The SMILES string of the molecule is CCCCCCCCCc1cc2ccc(OS(=O)O)cc2cc1CCCCCCCCC. The number of hydrogen-bond donors (Lipinski definition) is 1. The molecule has 2 aromatic rings. The van der Waals surface area contributed by atoms with Crippen molar-refractivity contribution in [3.05, 3.63) is 41.5 Å². The van der Waals surface area contributed by atoms with Gasteiger partial charge in [-0.25, -0.2) is 0 Å². The molecule has 0 aliphatic carbocycles. The molecular weight excluding hydrogens is 416 g/mol. The van der Waals surface area contributed by atoms with Gasteiger partial charge in [0.2, 0.25) is 0 Å². The minimum Gasteiger partial charge on any atom is -0.380 e. The van der Waals surface area contributed by atoms with Crippen LogP contribution in [0.3, 0.4) is 0 Å². The Kier molecular flexibility index (Phi) is 13.6. The van der Waals surface area contributed by atoms with Gasteiger partial charge in [0.15, 0.2) is 0 Å². The van der Waals surface area contributed by atoms with Crippen LogP contribution in [0.25, 0.3) is 10.8 Å². The topological polar surface area (TPSA) is 46.5 Å². The number of benzene rings is 2. The number of hydrogen-bond acceptors (Lipinski definition) is 2. The first-order chi connectivity index (χ1) is 15.6. The molecule has 0 bridgehead atoms. The van der Waals surface area contributed by atoms with Crippen molar-refractivity contribution >= 4 is 22.1 Å². The lowest BCUT2D eigenvalue weighted by Crippen LogP contribution is -1.99. The molecule has 180 valence electrons. The third-order valence-electron chi connectivity index (χ3n) is 6.40. The first-order valence-electron chi connectivity index (χ1n) is 13.0. The van der Waals surface area contributed by atoms with Crippen LogP contribution >= 0.6 is 0 Å². The smallest absolute Gasteiger partial charge is 0.357 e. The van der Waals surface area contributed by atoms with Crippen LogP contribution in [0.4, 0.5) is 0 Å². The monoisotopic (exact) mass is 460 g/mol. The zero-order chi connectivity index (χ0) is 23.0. The lowest BCUT2D eigenvalue weighted by atomic mass is 9.93. The van der Waals surface area contributed by atoms with E-state index in [-0.39, 0.29) is 0 Å². The molecule has 0 amide bonds. The van der Waals surface area contributed by atoms with Crippen LogP contribution in [-0.2, 0) is 24.2 Å². The molecule has 0 aliphatic rings. The van der Waals surface area contributed by atoms with Gasteiger partial charge in [-0.1, -0.05) is 109 Å². The summed E-state index contributed by atoms with van der Waals surface area (Å²) in [4.78, 5) is 0. The van der Waals surface area contributed by atoms with Gasteiger partial charge in [-0.2, -0.15) is 4.21 Å². The average Bonchev–Trinajstić information content (AvgIpc) is 2.77. The maximum atomic E-state index is 11.0. The Morgan fingerprint density at radius 2 is 1.12 bits per heavy atom. The zero-order valence-corrected chi connectivity index (χ0v) is 21.2. The number of fused-ring (bicyclic) bond motifs is 1. The minimum absolute atomic E-state index is 0.444. The summed E-state index contributed by atoms with van der Waals surface area (Å²) in [5.74, 6) is 0.444. The van der Waals surface area contributed by atoms with E-state index >= 15 is 0 Å². The van der Waals surface area contributed by atoms with Gasteiger partial charge >= 0.3 is 11.4 Å². The van der Waals surface area contributed by atoms with Crippen molar-refractivity contribution in [1.82, 2.24) is 0 Å². The summed E-state index contributed by atoms with van der Waals surface area (Å²) < 4.78 is 25.0. The zero-order valence-electron chi connectivity index (χ0n) is 20.4. The molecule has 0 heterocycles. The fourth-order valence-corrected chi connectivity index (χ4v) is 4.78. The van der Waals surface area contributed by atoms with Gasteiger partial charge in [-0.3, -0.25) is 4.55 Å². The average molecular weight is 461 g/mol. The lowest BCUT2D eigenvalue weighted by Gasteiger charge is -2.13. The maximum Gasteiger partial charge on any atom is 0.357 e. The molecule has 1 unspecified atom stereocenters. The van der Waals surface area contributed by atoms with Gasteiger partial charge in [-0.05, 0) is 59.7 Å². The highest BCUT2D eigenvalue weighted by atomic mass is 32.2. The minimum atomic E-state index is -2.29. The Morgan fingerprint density at radius 3 is 1.62 bits per heavy atom. The van der Waals surface area contributed by atoms with Crippen molar-refractivity contribution in [2.45, 2.75) is 117 Å². The molecule has 0 saturated carbocycles. The number of aryl methyl sites for hydroxylation is 2. The first-order valence-corrected chi connectivity index (χ1v) is 14.0. The van der Waals surface area contributed by atoms with Crippen LogP contribution in [0.2, 0.25) is 0 Å². The molecule has 0 spiro atoms. The standard InChI is InChI=1S/C28H44O3S/c1-3-5-7-9-11-13-15-17-24-21-26-19-20-28(31-32(29)30)23-27(26)22-25(24)18-16-14-12-10-8-6-4-2/h19-23H,3-18H2,1-2H3,(H,29,30). The molecule has 2 rings (SSSR count). The Morgan fingerprint density at radius 1 is 0.656 bits per heavy atom. The Hall–Kier alpha value is -1.39. The van der Waals surface area contributed by atoms with Crippen LogP contribution < -0.4 is 4.18 Å². The van der Waals surface area contributed by atoms with Crippen molar-refractivity contribution in [3.63, 3.8) is 0 Å². The maximum absolute atomic E-state index is 11.0. The normalized spacial score (nSPS) is 12.3. The molecule has 3 nitrogen and oxygen atoms in total. The van der Waals surface area contributed by atoms with Crippen LogP contribution in [0.5, 0.6) is 5.75 Å². The van der Waals surface area contributed by atoms with Gasteiger partial charge in [0.1, 0.15) is 5.75 Å². The van der Waals surface area contributed by atoms with E-state index in [0.29, 0.717) is 5.75 Å². The van der Waals surface area contributed by atoms with Crippen molar-refractivity contribution in [3.8, 4) is 5.75 Å². The van der Waals surface area contributed by atoms with Crippen molar-refractivity contribution in [2.75, 3.05) is 0 Å². The highest BCUT2D eigenvalue weighted by Gasteiger charge is 2.08. The molecule has 0 aliphatic heterocycles. The molecule has 0 fully saturated rings. The quantitative estimate of drug-likeness (QED) is 0.178. The molecule has 4 heteroatoms. The predicted octanol–water partition coefficient (Wildman–Crippen LogP) is 8.94. The van der Waals surface area contributed by atoms with Crippen LogP contribution in [0.15, 0.2) is 30.3 Å². The van der Waals surface area contributed by atoms with E-state index in [1.165, 1.54) is 106 Å². The summed E-state index contributed by atoms with van der Waals surface area (Å²) >= 11 is -2.29. The van der Waals surface area contributed by atoms with Gasteiger partial charge in [0.25, 0.3) is 0 Å². The van der Waals surface area contributed by atoms with E-state index in [1.54, 1.807) is 6.07 Å². The molecule has 0 aromatic heterocycles. The van der Waals surface area contributed by atoms with Gasteiger partial charge in [-0.15, -0.1) is 0 Å². The van der Waals surface area contributed by atoms with E-state index < -0.39 is 11.4 Å². The van der Waals surface area contributed by atoms with E-state index in [9.17, 15) is 4.21 Å². The molecular formula is C28H44O3S. The number of unbranched alkanes of at least 4 members (excludes halogenated alkanes) is 12. The van der Waals surface area contributed by atoms with Crippen LogP contribution in [0, 0.1) is 0 Å². The highest BCUT2D eigenvalue weighted by molar-refractivity contribution is 7.74. The summed E-state index contributed by atoms with van der Waals surface area (Å²) in [5.41, 5.74) is 2.93. The second-order valence-corrected chi connectivity index (χ2v) is 9.77. The summed E-state index contributed by atoms with van der Waals surface area (Å²) in [5, 5.41) is 2.27. The van der Waals surface area contributed by atoms with E-state index in [0.717, 1.165) is 18.2 Å². The molecule has 1 atom stereocenters. The van der Waals surface area contributed by atoms with Crippen molar-refractivity contribution in [2.24, 2.45) is 0 Å². The predicted molar refractivity (Wildman–Crippen MR) is 139 cm³/mol. The Bertz CT molecular complexity index is 803. The van der Waals surface area contributed by atoms with Crippen LogP contribution in [-0.4, -0.2) is 8.76 Å². The van der Waals surface area contributed by atoms with Crippen LogP contribution in [0.1, 0.15) is 115 Å². The van der Waals surface area contributed by atoms with Gasteiger partial charge in [0, 0.05) is 0 Å². The third kappa shape index (κ3) is 10.5. The summed E-state index contributed by atoms with van der Waals surface area (Å²) in [7, 11) is 0. The van der Waals surface area contributed by atoms with E-state index in [4.69, 9.17) is 8.74 Å². The first kappa shape index (κ1) is 26.9. The fourth-order valence-electron chi connectivity index (χ4n) is 4.51. The van der Waals surface area contributed by atoms with Crippen molar-refractivity contribution in [1.29, 1.82) is 0 Å². The fraction of sp³-hybridized carbons (Fsp3) is 0.643. The Labute approximate surface area is 198 Å². The van der Waals surface area contributed by atoms with Gasteiger partial charge in [0.05, 0.1) is 0 Å². The molecule has 2 aromatic carbocycles. The summed E-state index contributed by atoms with van der Waals surface area (Å²) in [6.07, 6.45) is 20.8. The molecule has 32 heavy (non-hydrogen) atoms. The largest absolute Gasteiger partial charge is 0.380 e. The Balaban J connectivity index is 2.00. The van der Waals surface area contributed by atoms with Gasteiger partial charge < -0.3 is 4.18 Å². The van der Waals surface area contributed by atoms with Crippen molar-refractivity contribution < 1.29 is 12.9 Å².